The van der Waals surface area contributed by atoms with Crippen molar-refractivity contribution in [1.29, 1.82) is 0 Å². The first-order valence-electron chi connectivity index (χ1n) is 11.1. The van der Waals surface area contributed by atoms with E-state index >= 15 is 0 Å². The fraction of sp³-hybridized carbons (Fsp3) is 0.440. The van der Waals surface area contributed by atoms with Crippen LogP contribution in [0.3, 0.4) is 0 Å². The molecule has 6 heteroatoms. The average Bonchev–Trinajstić information content (AvgIpc) is 2.80. The van der Waals surface area contributed by atoms with Gasteiger partial charge >= 0.3 is 6.03 Å². The minimum Gasteiger partial charge on any atom is -0.349 e. The number of nitrogens with one attached hydrogen (secondary N) is 2. The molecule has 0 aliphatic carbocycles. The van der Waals surface area contributed by atoms with E-state index in [1.54, 1.807) is 17.0 Å². The quantitative estimate of drug-likeness (QED) is 0.616. The summed E-state index contributed by atoms with van der Waals surface area (Å²) in [5.41, 5.74) is 1.94. The summed E-state index contributed by atoms with van der Waals surface area (Å²) in [6.45, 7) is 4.98. The van der Waals surface area contributed by atoms with Gasteiger partial charge in [0, 0.05) is 13.1 Å². The van der Waals surface area contributed by atoms with E-state index in [1.165, 1.54) is 12.1 Å². The molecule has 1 saturated heterocycles. The summed E-state index contributed by atoms with van der Waals surface area (Å²) in [4.78, 5) is 27.7. The van der Waals surface area contributed by atoms with Gasteiger partial charge in [-0.25, -0.2) is 9.18 Å². The van der Waals surface area contributed by atoms with Crippen LogP contribution in [0.4, 0.5) is 9.18 Å². The molecule has 0 saturated carbocycles. The van der Waals surface area contributed by atoms with Gasteiger partial charge in [-0.3, -0.25) is 4.79 Å². The van der Waals surface area contributed by atoms with Gasteiger partial charge in [0.15, 0.2) is 0 Å². The Morgan fingerprint density at radius 2 is 1.81 bits per heavy atom. The van der Waals surface area contributed by atoms with Crippen molar-refractivity contribution in [2.45, 2.75) is 51.6 Å². The number of carbonyl (C=O) groups is 2. The lowest BCUT2D eigenvalue weighted by Crippen LogP contribution is -2.50. The molecule has 1 heterocycles. The first kappa shape index (κ1) is 22.8. The van der Waals surface area contributed by atoms with Gasteiger partial charge in [0.1, 0.15) is 5.82 Å². The molecule has 2 aromatic rings. The van der Waals surface area contributed by atoms with Crippen LogP contribution in [0.2, 0.25) is 0 Å². The van der Waals surface area contributed by atoms with Crippen molar-refractivity contribution in [3.63, 3.8) is 0 Å². The average molecular weight is 426 g/mol. The number of nitrogens with zero attached hydrogens (tertiary/aromatic N) is 1. The van der Waals surface area contributed by atoms with Crippen LogP contribution in [0, 0.1) is 11.7 Å². The zero-order chi connectivity index (χ0) is 22.2. The highest BCUT2D eigenvalue weighted by atomic mass is 19.1. The summed E-state index contributed by atoms with van der Waals surface area (Å²) in [7, 11) is 0. The van der Waals surface area contributed by atoms with E-state index < -0.39 is 0 Å². The molecule has 0 unspecified atom stereocenters. The van der Waals surface area contributed by atoms with Crippen LogP contribution in [-0.4, -0.2) is 29.9 Å². The number of amides is 3. The molecule has 3 rings (SSSR count). The number of benzene rings is 2. The summed E-state index contributed by atoms with van der Waals surface area (Å²) in [6, 6.07) is 15.7. The number of urea groups is 1. The van der Waals surface area contributed by atoms with Crippen LogP contribution in [0.1, 0.15) is 62.7 Å². The second kappa shape index (κ2) is 10.9. The largest absolute Gasteiger partial charge is 0.349 e. The van der Waals surface area contributed by atoms with E-state index in [0.717, 1.165) is 24.0 Å². The summed E-state index contributed by atoms with van der Waals surface area (Å²) in [5.74, 6) is -0.620. The minimum atomic E-state index is -0.300. The summed E-state index contributed by atoms with van der Waals surface area (Å²) in [5, 5.41) is 6.06. The van der Waals surface area contributed by atoms with Gasteiger partial charge < -0.3 is 15.5 Å². The Kier molecular flexibility index (Phi) is 8.04. The van der Waals surface area contributed by atoms with Crippen molar-refractivity contribution < 1.29 is 14.0 Å². The van der Waals surface area contributed by atoms with Crippen molar-refractivity contribution in [1.82, 2.24) is 15.5 Å². The molecule has 1 aliphatic heterocycles. The number of piperidine rings is 1. The van der Waals surface area contributed by atoms with E-state index in [0.29, 0.717) is 25.9 Å². The molecule has 0 aromatic heterocycles. The zero-order valence-corrected chi connectivity index (χ0v) is 18.3. The molecule has 1 aliphatic rings. The second-order valence-electron chi connectivity index (χ2n) is 8.22. The lowest BCUT2D eigenvalue weighted by Gasteiger charge is -2.39. The third-order valence-electron chi connectivity index (χ3n) is 5.93. The molecule has 31 heavy (non-hydrogen) atoms. The maximum atomic E-state index is 13.4. The maximum absolute atomic E-state index is 13.4. The molecule has 2 aromatic carbocycles. The SMILES string of the molecule is CCCCNC(=O)N1C[C@H](C(=O)N[C@@H](C)c2ccccc2)CC[C@H]1c1ccc(F)cc1. The van der Waals surface area contributed by atoms with Gasteiger partial charge in [-0.15, -0.1) is 0 Å². The van der Waals surface area contributed by atoms with E-state index in [9.17, 15) is 14.0 Å². The topological polar surface area (TPSA) is 61.4 Å². The number of hydrogen-bond acceptors (Lipinski definition) is 2. The first-order valence-corrected chi connectivity index (χ1v) is 11.1. The van der Waals surface area contributed by atoms with Crippen LogP contribution in [-0.2, 0) is 4.79 Å². The molecule has 3 amide bonds. The lowest BCUT2D eigenvalue weighted by molar-refractivity contribution is -0.127. The number of rotatable bonds is 7. The van der Waals surface area contributed by atoms with Crippen LogP contribution in [0.5, 0.6) is 0 Å². The fourth-order valence-corrected chi connectivity index (χ4v) is 4.07. The summed E-state index contributed by atoms with van der Waals surface area (Å²) < 4.78 is 13.4. The first-order chi connectivity index (χ1) is 15.0. The van der Waals surface area contributed by atoms with Crippen LogP contribution < -0.4 is 10.6 Å². The number of carbonyl (C=O) groups excluding carboxylic acids is 2. The Morgan fingerprint density at radius 3 is 2.48 bits per heavy atom. The van der Waals surface area contributed by atoms with Crippen LogP contribution in [0.15, 0.2) is 54.6 Å². The Morgan fingerprint density at radius 1 is 1.10 bits per heavy atom. The molecule has 2 N–H and O–H groups in total. The number of hydrogen-bond donors (Lipinski definition) is 2. The summed E-state index contributed by atoms with van der Waals surface area (Å²) >= 11 is 0. The Labute approximate surface area is 184 Å². The number of likely N-dealkylation sites (tertiary alicyclic amines) is 1. The Bertz CT molecular complexity index is 857. The predicted molar refractivity (Wildman–Crippen MR) is 120 cm³/mol. The monoisotopic (exact) mass is 425 g/mol. The van der Waals surface area contributed by atoms with Crippen molar-refractivity contribution >= 4 is 11.9 Å². The standard InChI is InChI=1S/C25H32FN3O2/c1-3-4-16-27-25(31)29-17-21(12-15-23(29)20-10-13-22(26)14-11-20)24(30)28-18(2)19-8-6-5-7-9-19/h5-11,13-14,18,21,23H,3-4,12,15-17H2,1-2H3,(H,27,31)(H,28,30)/t18-,21+,23-/m0/s1. The van der Waals surface area contributed by atoms with Gasteiger partial charge in [0.25, 0.3) is 0 Å². The van der Waals surface area contributed by atoms with Crippen LogP contribution >= 0.6 is 0 Å². The van der Waals surface area contributed by atoms with Gasteiger partial charge in [-0.05, 0) is 49.4 Å². The smallest absolute Gasteiger partial charge is 0.317 e. The fourth-order valence-electron chi connectivity index (χ4n) is 4.07. The zero-order valence-electron chi connectivity index (χ0n) is 18.3. The summed E-state index contributed by atoms with van der Waals surface area (Å²) in [6.07, 6.45) is 3.22. The highest BCUT2D eigenvalue weighted by Gasteiger charge is 2.35. The molecule has 5 nitrogen and oxygen atoms in total. The van der Waals surface area contributed by atoms with Gasteiger partial charge in [-0.1, -0.05) is 55.8 Å². The molecule has 0 bridgehead atoms. The molecule has 0 radical (unpaired) electrons. The molecular weight excluding hydrogens is 393 g/mol. The lowest BCUT2D eigenvalue weighted by atomic mass is 9.88. The molecule has 0 spiro atoms. The van der Waals surface area contributed by atoms with Gasteiger partial charge in [-0.2, -0.15) is 0 Å². The van der Waals surface area contributed by atoms with Gasteiger partial charge in [0.05, 0.1) is 18.0 Å². The van der Waals surface area contributed by atoms with Crippen molar-refractivity contribution in [2.24, 2.45) is 5.92 Å². The predicted octanol–water partition coefficient (Wildman–Crippen LogP) is 4.97. The van der Waals surface area contributed by atoms with E-state index in [-0.39, 0.29) is 35.8 Å². The molecule has 3 atom stereocenters. The Balaban J connectivity index is 1.71. The van der Waals surface area contributed by atoms with E-state index in [4.69, 9.17) is 0 Å². The maximum Gasteiger partial charge on any atom is 0.317 e. The van der Waals surface area contributed by atoms with Crippen molar-refractivity contribution in [3.8, 4) is 0 Å². The molecule has 1 fully saturated rings. The number of unbranched alkanes of at least 4 members (excludes halogenated alkanes) is 1. The van der Waals surface area contributed by atoms with E-state index in [2.05, 4.69) is 17.6 Å². The molecular formula is C25H32FN3O2. The minimum absolute atomic E-state index is 0.0414. The number of halogens is 1. The van der Waals surface area contributed by atoms with Crippen molar-refractivity contribution in [3.05, 3.63) is 71.5 Å². The normalized spacial score (nSPS) is 19.5. The molecule has 166 valence electrons. The Hall–Kier alpha value is -2.89. The third kappa shape index (κ3) is 6.06. The van der Waals surface area contributed by atoms with Crippen LogP contribution in [0.25, 0.3) is 0 Å². The second-order valence-corrected chi connectivity index (χ2v) is 8.22. The van der Waals surface area contributed by atoms with E-state index in [1.807, 2.05) is 37.3 Å². The highest BCUT2D eigenvalue weighted by molar-refractivity contribution is 5.81. The van der Waals surface area contributed by atoms with Gasteiger partial charge in [0.2, 0.25) is 5.91 Å². The highest BCUT2D eigenvalue weighted by Crippen LogP contribution is 2.34. The third-order valence-corrected chi connectivity index (χ3v) is 5.93. The van der Waals surface area contributed by atoms with Crippen molar-refractivity contribution in [2.75, 3.05) is 13.1 Å².